The summed E-state index contributed by atoms with van der Waals surface area (Å²) < 4.78 is 16.9. The van der Waals surface area contributed by atoms with Crippen molar-refractivity contribution in [3.05, 3.63) is 36.5 Å². The third-order valence-electron chi connectivity index (χ3n) is 5.43. The monoisotopic (exact) mass is 466 g/mol. The fraction of sp³-hybridized carbons (Fsp3) is 0.417. The molecule has 3 aromatic rings. The Kier molecular flexibility index (Phi) is 8.05. The molecule has 10 nitrogen and oxygen atoms in total. The van der Waals surface area contributed by atoms with Crippen molar-refractivity contribution in [2.45, 2.75) is 13.3 Å². The van der Waals surface area contributed by atoms with Gasteiger partial charge in [0.15, 0.2) is 17.1 Å². The van der Waals surface area contributed by atoms with E-state index in [2.05, 4.69) is 30.5 Å². The van der Waals surface area contributed by atoms with E-state index in [0.717, 1.165) is 44.8 Å². The van der Waals surface area contributed by atoms with Crippen molar-refractivity contribution in [1.29, 1.82) is 0 Å². The average molecular weight is 467 g/mol. The number of hydrogen-bond donors (Lipinski definition) is 2. The summed E-state index contributed by atoms with van der Waals surface area (Å²) in [5.41, 5.74) is 2.55. The fourth-order valence-electron chi connectivity index (χ4n) is 3.67. The normalized spacial score (nSPS) is 14.1. The number of nitrogens with one attached hydrogen (secondary N) is 2. The molecule has 0 spiro atoms. The molecule has 4 rings (SSSR count). The molecule has 1 aliphatic heterocycles. The average Bonchev–Trinajstić information content (AvgIpc) is 2.87. The van der Waals surface area contributed by atoms with Gasteiger partial charge in [-0.1, -0.05) is 0 Å². The molecule has 34 heavy (non-hydrogen) atoms. The number of fused-ring (bicyclic) bond motifs is 1. The van der Waals surface area contributed by atoms with Crippen LogP contribution in [0, 0.1) is 0 Å². The Morgan fingerprint density at radius 2 is 2.00 bits per heavy atom. The molecule has 0 bridgehead atoms. The molecule has 180 valence electrons. The number of ether oxygens (including phenoxy) is 3. The van der Waals surface area contributed by atoms with Gasteiger partial charge in [0.1, 0.15) is 11.3 Å². The third kappa shape index (κ3) is 6.09. The Morgan fingerprint density at radius 1 is 1.15 bits per heavy atom. The zero-order chi connectivity index (χ0) is 23.8. The first-order valence-corrected chi connectivity index (χ1v) is 11.5. The number of amides is 2. The lowest BCUT2D eigenvalue weighted by Crippen LogP contribution is -2.37. The quantitative estimate of drug-likeness (QED) is 0.463. The number of aromatic nitrogens is 3. The predicted molar refractivity (Wildman–Crippen MR) is 129 cm³/mol. The lowest BCUT2D eigenvalue weighted by molar-refractivity contribution is 0.0357. The molecule has 1 saturated heterocycles. The van der Waals surface area contributed by atoms with Crippen LogP contribution in [0.2, 0.25) is 0 Å². The van der Waals surface area contributed by atoms with Crippen molar-refractivity contribution in [1.82, 2.24) is 25.2 Å². The molecule has 0 aliphatic carbocycles. The van der Waals surface area contributed by atoms with Gasteiger partial charge in [0.05, 0.1) is 38.8 Å². The molecule has 3 heterocycles. The maximum absolute atomic E-state index is 11.8. The zero-order valence-corrected chi connectivity index (χ0v) is 19.5. The largest absolute Gasteiger partial charge is 0.493 e. The Morgan fingerprint density at radius 3 is 2.79 bits per heavy atom. The molecule has 10 heteroatoms. The number of rotatable bonds is 9. The molecule has 2 aromatic heterocycles. The number of carbonyl (C=O) groups is 1. The summed E-state index contributed by atoms with van der Waals surface area (Å²) in [7, 11) is 1.62. The maximum atomic E-state index is 11.8. The summed E-state index contributed by atoms with van der Waals surface area (Å²) in [5.74, 6) is 1.72. The summed E-state index contributed by atoms with van der Waals surface area (Å²) >= 11 is 0. The number of urea groups is 1. The van der Waals surface area contributed by atoms with E-state index in [1.807, 2.05) is 25.1 Å². The van der Waals surface area contributed by atoms with E-state index in [9.17, 15) is 4.79 Å². The number of morpholine rings is 1. The van der Waals surface area contributed by atoms with Gasteiger partial charge in [-0.25, -0.2) is 14.8 Å². The molecule has 1 fully saturated rings. The van der Waals surface area contributed by atoms with Gasteiger partial charge in [-0.05, 0) is 43.7 Å². The van der Waals surface area contributed by atoms with Crippen LogP contribution in [0.4, 0.5) is 10.6 Å². The molecule has 0 saturated carbocycles. The van der Waals surface area contributed by atoms with E-state index >= 15 is 0 Å². The number of methoxy groups -OCH3 is 1. The maximum Gasteiger partial charge on any atom is 0.320 e. The van der Waals surface area contributed by atoms with Crippen LogP contribution in [0.5, 0.6) is 11.5 Å². The minimum atomic E-state index is -0.316. The first-order chi connectivity index (χ1) is 16.7. The van der Waals surface area contributed by atoms with Gasteiger partial charge < -0.3 is 19.5 Å². The molecule has 1 aromatic carbocycles. The predicted octanol–water partition coefficient (Wildman–Crippen LogP) is 2.94. The Hall–Kier alpha value is -3.50. The van der Waals surface area contributed by atoms with Crippen molar-refractivity contribution in [2.24, 2.45) is 0 Å². The second-order valence-corrected chi connectivity index (χ2v) is 7.80. The SMILES string of the molecule is CCNC(=O)Nc1ccc2ncc(-c3ccc(OCCCN4CCOCC4)c(OC)c3)nc2n1. The lowest BCUT2D eigenvalue weighted by atomic mass is 10.1. The van der Waals surface area contributed by atoms with Crippen LogP contribution >= 0.6 is 0 Å². The minimum absolute atomic E-state index is 0.316. The van der Waals surface area contributed by atoms with Gasteiger partial charge >= 0.3 is 6.03 Å². The summed E-state index contributed by atoms with van der Waals surface area (Å²) in [5, 5.41) is 5.36. The van der Waals surface area contributed by atoms with E-state index in [-0.39, 0.29) is 6.03 Å². The summed E-state index contributed by atoms with van der Waals surface area (Å²) in [6.07, 6.45) is 2.62. The molecular weight excluding hydrogens is 436 g/mol. The highest BCUT2D eigenvalue weighted by atomic mass is 16.5. The van der Waals surface area contributed by atoms with Crippen molar-refractivity contribution >= 4 is 23.0 Å². The lowest BCUT2D eigenvalue weighted by Gasteiger charge is -2.26. The highest BCUT2D eigenvalue weighted by Gasteiger charge is 2.12. The summed E-state index contributed by atoms with van der Waals surface area (Å²) in [4.78, 5) is 27.7. The number of nitrogens with zero attached hydrogens (tertiary/aromatic N) is 4. The topological polar surface area (TPSA) is 111 Å². The summed E-state index contributed by atoms with van der Waals surface area (Å²) in [6.45, 7) is 7.52. The van der Waals surface area contributed by atoms with E-state index in [0.29, 0.717) is 47.3 Å². The molecule has 2 amide bonds. The number of hydrogen-bond acceptors (Lipinski definition) is 8. The second-order valence-electron chi connectivity index (χ2n) is 7.80. The smallest absolute Gasteiger partial charge is 0.320 e. The fourth-order valence-corrected chi connectivity index (χ4v) is 3.67. The van der Waals surface area contributed by atoms with Gasteiger partial charge in [0, 0.05) is 31.7 Å². The molecule has 0 atom stereocenters. The number of benzene rings is 1. The standard InChI is InChI=1S/C24H30N6O4/c1-3-25-24(31)29-22-8-6-18-23(28-22)27-19(16-26-18)17-5-7-20(21(15-17)32-2)34-12-4-9-30-10-13-33-14-11-30/h5-8,15-16H,3-4,9-14H2,1-2H3,(H2,25,27,28,29,31). The number of carbonyl (C=O) groups excluding carboxylic acids is 1. The van der Waals surface area contributed by atoms with Crippen LogP contribution in [-0.4, -0.2) is 79.0 Å². The van der Waals surface area contributed by atoms with Crippen molar-refractivity contribution < 1.29 is 19.0 Å². The first kappa shape index (κ1) is 23.7. The zero-order valence-electron chi connectivity index (χ0n) is 19.5. The third-order valence-corrected chi connectivity index (χ3v) is 5.43. The van der Waals surface area contributed by atoms with E-state index in [1.165, 1.54) is 0 Å². The molecule has 1 aliphatic rings. The van der Waals surface area contributed by atoms with E-state index < -0.39 is 0 Å². The highest BCUT2D eigenvalue weighted by molar-refractivity contribution is 5.89. The Labute approximate surface area is 198 Å². The molecule has 2 N–H and O–H groups in total. The van der Waals surface area contributed by atoms with Crippen LogP contribution in [0.1, 0.15) is 13.3 Å². The molecule has 0 unspecified atom stereocenters. The van der Waals surface area contributed by atoms with Gasteiger partial charge in [0.2, 0.25) is 0 Å². The van der Waals surface area contributed by atoms with Crippen LogP contribution in [0.3, 0.4) is 0 Å². The number of anilines is 1. The van der Waals surface area contributed by atoms with Crippen molar-refractivity contribution in [3.8, 4) is 22.8 Å². The molecular formula is C24H30N6O4. The van der Waals surface area contributed by atoms with Crippen LogP contribution < -0.4 is 20.1 Å². The minimum Gasteiger partial charge on any atom is -0.493 e. The van der Waals surface area contributed by atoms with Crippen molar-refractivity contribution in [2.75, 3.05) is 58.4 Å². The highest BCUT2D eigenvalue weighted by Crippen LogP contribution is 2.32. The molecule has 0 radical (unpaired) electrons. The number of pyridine rings is 1. The van der Waals surface area contributed by atoms with Gasteiger partial charge in [-0.3, -0.25) is 15.2 Å². The van der Waals surface area contributed by atoms with Crippen LogP contribution in [0.15, 0.2) is 36.5 Å². The van der Waals surface area contributed by atoms with Gasteiger partial charge in [-0.15, -0.1) is 0 Å². The van der Waals surface area contributed by atoms with Gasteiger partial charge in [-0.2, -0.15) is 0 Å². The van der Waals surface area contributed by atoms with Crippen molar-refractivity contribution in [3.63, 3.8) is 0 Å². The van der Waals surface area contributed by atoms with E-state index in [1.54, 1.807) is 25.4 Å². The first-order valence-electron chi connectivity index (χ1n) is 11.5. The second kappa shape index (κ2) is 11.6. The Balaban J connectivity index is 1.44. The van der Waals surface area contributed by atoms with Gasteiger partial charge in [0.25, 0.3) is 0 Å². The van der Waals surface area contributed by atoms with E-state index in [4.69, 9.17) is 14.2 Å². The summed E-state index contributed by atoms with van der Waals surface area (Å²) in [6, 6.07) is 8.84. The van der Waals surface area contributed by atoms with Crippen LogP contribution in [0.25, 0.3) is 22.4 Å². The van der Waals surface area contributed by atoms with Crippen LogP contribution in [-0.2, 0) is 4.74 Å². The Bertz CT molecular complexity index is 1120.